The van der Waals surface area contributed by atoms with Gasteiger partial charge in [-0.15, -0.1) is 0 Å². The fraction of sp³-hybridized carbons (Fsp3) is 0.364. The monoisotopic (exact) mass is 256 g/mol. The van der Waals surface area contributed by atoms with Crippen molar-refractivity contribution in [2.45, 2.75) is 18.6 Å². The van der Waals surface area contributed by atoms with Crippen molar-refractivity contribution in [2.75, 3.05) is 13.6 Å². The van der Waals surface area contributed by atoms with Crippen molar-refractivity contribution in [2.24, 2.45) is 0 Å². The molecule has 1 N–H and O–H groups in total. The Labute approximate surface area is 101 Å². The number of hydrogen-bond donors (Lipinski definition) is 1. The smallest absolute Gasteiger partial charge is 0.260 e. The van der Waals surface area contributed by atoms with Gasteiger partial charge in [-0.3, -0.25) is 0 Å². The van der Waals surface area contributed by atoms with Crippen molar-refractivity contribution >= 4 is 10.0 Å². The van der Waals surface area contributed by atoms with E-state index >= 15 is 0 Å². The molecule has 94 valence electrons. The summed E-state index contributed by atoms with van der Waals surface area (Å²) in [5.41, 5.74) is 1.33. The molecule has 1 aromatic rings. The summed E-state index contributed by atoms with van der Waals surface area (Å²) >= 11 is 0. The van der Waals surface area contributed by atoms with Gasteiger partial charge in [-0.05, 0) is 18.6 Å². The van der Waals surface area contributed by atoms with Crippen LogP contribution >= 0.6 is 0 Å². The van der Waals surface area contributed by atoms with Gasteiger partial charge in [0.1, 0.15) is 0 Å². The van der Waals surface area contributed by atoms with E-state index in [1.54, 1.807) is 6.92 Å². The molecule has 0 bridgehead atoms. The number of aliphatic hydroxyl groups excluding tert-OH is 1. The summed E-state index contributed by atoms with van der Waals surface area (Å²) in [7, 11) is -2.10. The number of aromatic nitrogens is 1. The molecule has 0 saturated heterocycles. The summed E-state index contributed by atoms with van der Waals surface area (Å²) < 4.78 is 25.2. The molecule has 17 heavy (non-hydrogen) atoms. The number of hydrogen-bond acceptors (Lipinski definition) is 4. The molecular formula is C11H16N2O3S. The van der Waals surface area contributed by atoms with Crippen molar-refractivity contribution in [3.63, 3.8) is 0 Å². The first-order valence-corrected chi connectivity index (χ1v) is 6.48. The Bertz CT molecular complexity index is 494. The highest BCUT2D eigenvalue weighted by Crippen LogP contribution is 2.13. The quantitative estimate of drug-likeness (QED) is 0.790. The van der Waals surface area contributed by atoms with Crippen LogP contribution in [0, 0.1) is 0 Å². The van der Waals surface area contributed by atoms with Crippen LogP contribution in [0.3, 0.4) is 0 Å². The van der Waals surface area contributed by atoms with Gasteiger partial charge in [0.2, 0.25) is 0 Å². The zero-order valence-corrected chi connectivity index (χ0v) is 10.7. The van der Waals surface area contributed by atoms with E-state index in [0.717, 1.165) is 5.57 Å². The van der Waals surface area contributed by atoms with Crippen LogP contribution in [0.1, 0.15) is 12.5 Å². The molecule has 1 heterocycles. The maximum Gasteiger partial charge on any atom is 0.260 e. The summed E-state index contributed by atoms with van der Waals surface area (Å²) in [6.07, 6.45) is 1.35. The Morgan fingerprint density at radius 2 is 2.18 bits per heavy atom. The first-order valence-electron chi connectivity index (χ1n) is 5.04. The number of pyridine rings is 1. The average Bonchev–Trinajstić information content (AvgIpc) is 2.28. The molecule has 0 atom stereocenters. The predicted molar refractivity (Wildman–Crippen MR) is 64.8 cm³/mol. The standard InChI is InChI=1S/C11H16N2O3S/c1-9(2)7-13(3)17(15,16)11-5-4-10(8-14)6-12-11/h4-6,14H,1,7-8H2,2-3H3. The fourth-order valence-corrected chi connectivity index (χ4v) is 2.42. The second kappa shape index (κ2) is 5.39. The molecule has 0 aliphatic heterocycles. The van der Waals surface area contributed by atoms with E-state index in [0.29, 0.717) is 5.56 Å². The summed E-state index contributed by atoms with van der Waals surface area (Å²) in [5, 5.41) is 8.82. The van der Waals surface area contributed by atoms with Crippen LogP contribution < -0.4 is 0 Å². The first kappa shape index (κ1) is 13.8. The van der Waals surface area contributed by atoms with Gasteiger partial charge in [0.05, 0.1) is 6.61 Å². The van der Waals surface area contributed by atoms with Crippen LogP contribution in [0.2, 0.25) is 0 Å². The van der Waals surface area contributed by atoms with Crippen molar-refractivity contribution in [3.05, 3.63) is 36.0 Å². The summed E-state index contributed by atoms with van der Waals surface area (Å²) in [6.45, 7) is 5.53. The topological polar surface area (TPSA) is 70.5 Å². The highest BCUT2D eigenvalue weighted by Gasteiger charge is 2.21. The highest BCUT2D eigenvalue weighted by atomic mass is 32.2. The van der Waals surface area contributed by atoms with E-state index in [1.807, 2.05) is 0 Å². The van der Waals surface area contributed by atoms with E-state index in [-0.39, 0.29) is 18.2 Å². The third-order valence-electron chi connectivity index (χ3n) is 2.15. The van der Waals surface area contributed by atoms with Crippen LogP contribution in [-0.2, 0) is 16.6 Å². The molecule has 0 saturated carbocycles. The molecule has 0 aliphatic carbocycles. The van der Waals surface area contributed by atoms with Gasteiger partial charge in [0.15, 0.2) is 5.03 Å². The zero-order chi connectivity index (χ0) is 13.1. The molecule has 0 aliphatic rings. The van der Waals surface area contributed by atoms with E-state index in [4.69, 9.17) is 5.11 Å². The molecule has 0 radical (unpaired) electrons. The molecule has 1 rings (SSSR count). The molecule has 0 amide bonds. The highest BCUT2D eigenvalue weighted by molar-refractivity contribution is 7.89. The van der Waals surface area contributed by atoms with Crippen LogP contribution in [0.5, 0.6) is 0 Å². The second-order valence-electron chi connectivity index (χ2n) is 3.88. The van der Waals surface area contributed by atoms with Crippen LogP contribution in [0.4, 0.5) is 0 Å². The molecule has 0 unspecified atom stereocenters. The molecular weight excluding hydrogens is 240 g/mol. The largest absolute Gasteiger partial charge is 0.392 e. The van der Waals surface area contributed by atoms with Crippen LogP contribution in [-0.4, -0.2) is 36.4 Å². The second-order valence-corrected chi connectivity index (χ2v) is 5.87. The summed E-state index contributed by atoms with van der Waals surface area (Å²) in [6, 6.07) is 2.92. The maximum absolute atomic E-state index is 12.0. The van der Waals surface area contributed by atoms with E-state index in [1.165, 1.54) is 29.7 Å². The van der Waals surface area contributed by atoms with E-state index in [9.17, 15) is 8.42 Å². The van der Waals surface area contributed by atoms with Crippen molar-refractivity contribution < 1.29 is 13.5 Å². The van der Waals surface area contributed by atoms with Crippen LogP contribution in [0.25, 0.3) is 0 Å². The van der Waals surface area contributed by atoms with Gasteiger partial charge >= 0.3 is 0 Å². The molecule has 0 aromatic carbocycles. The Morgan fingerprint density at radius 1 is 1.53 bits per heavy atom. The number of aliphatic hydroxyl groups is 1. The minimum absolute atomic E-state index is 0.0292. The fourth-order valence-electron chi connectivity index (χ4n) is 1.28. The average molecular weight is 256 g/mol. The Morgan fingerprint density at radius 3 is 2.59 bits per heavy atom. The van der Waals surface area contributed by atoms with E-state index < -0.39 is 10.0 Å². The van der Waals surface area contributed by atoms with Crippen LogP contribution in [0.15, 0.2) is 35.5 Å². The van der Waals surface area contributed by atoms with Gasteiger partial charge in [0, 0.05) is 19.8 Å². The molecule has 0 spiro atoms. The third kappa shape index (κ3) is 3.36. The SMILES string of the molecule is C=C(C)CN(C)S(=O)(=O)c1ccc(CO)cn1. The number of sulfonamides is 1. The first-order chi connectivity index (χ1) is 7.87. The van der Waals surface area contributed by atoms with Gasteiger partial charge in [-0.2, -0.15) is 4.31 Å². The lowest BCUT2D eigenvalue weighted by atomic mass is 10.3. The van der Waals surface area contributed by atoms with Crippen molar-refractivity contribution in [3.8, 4) is 0 Å². The summed E-state index contributed by atoms with van der Waals surface area (Å²) in [5.74, 6) is 0. The lowest BCUT2D eigenvalue weighted by molar-refractivity contribution is 0.281. The Hall–Kier alpha value is -1.24. The zero-order valence-electron chi connectivity index (χ0n) is 9.92. The lowest BCUT2D eigenvalue weighted by Crippen LogP contribution is -2.29. The van der Waals surface area contributed by atoms with Gasteiger partial charge in [-0.1, -0.05) is 18.2 Å². The minimum atomic E-state index is -3.58. The van der Waals surface area contributed by atoms with Crippen molar-refractivity contribution in [1.29, 1.82) is 0 Å². The van der Waals surface area contributed by atoms with Gasteiger partial charge in [-0.25, -0.2) is 13.4 Å². The lowest BCUT2D eigenvalue weighted by Gasteiger charge is -2.16. The van der Waals surface area contributed by atoms with Gasteiger partial charge in [0.25, 0.3) is 10.0 Å². The molecule has 0 fully saturated rings. The Kier molecular flexibility index (Phi) is 4.39. The molecule has 6 heteroatoms. The predicted octanol–water partition coefficient (Wildman–Crippen LogP) is 0.771. The number of likely N-dealkylation sites (N-methyl/N-ethyl adjacent to an activating group) is 1. The molecule has 1 aromatic heterocycles. The molecule has 5 nitrogen and oxygen atoms in total. The summed E-state index contributed by atoms with van der Waals surface area (Å²) in [4.78, 5) is 3.83. The minimum Gasteiger partial charge on any atom is -0.392 e. The normalized spacial score (nSPS) is 11.8. The Balaban J connectivity index is 3.00. The third-order valence-corrected chi connectivity index (χ3v) is 3.87. The number of nitrogens with zero attached hydrogens (tertiary/aromatic N) is 2. The van der Waals surface area contributed by atoms with E-state index in [2.05, 4.69) is 11.6 Å². The van der Waals surface area contributed by atoms with Crippen molar-refractivity contribution in [1.82, 2.24) is 9.29 Å². The van der Waals surface area contributed by atoms with Gasteiger partial charge < -0.3 is 5.11 Å². The maximum atomic E-state index is 12.0. The number of rotatable bonds is 5.